The van der Waals surface area contributed by atoms with Gasteiger partial charge in [-0.3, -0.25) is 19.2 Å². The maximum Gasteiger partial charge on any atom is 0.145 e. The largest absolute Gasteiger partial charge is 0.299 e. The zero-order valence-electron chi connectivity index (χ0n) is 14.4. The number of halogens is 2. The lowest BCUT2D eigenvalue weighted by Crippen LogP contribution is -2.32. The van der Waals surface area contributed by atoms with Gasteiger partial charge in [-0.25, -0.2) is 0 Å². The van der Waals surface area contributed by atoms with Gasteiger partial charge >= 0.3 is 0 Å². The van der Waals surface area contributed by atoms with Crippen molar-refractivity contribution >= 4 is 60.4 Å². The molecule has 0 heterocycles. The summed E-state index contributed by atoms with van der Waals surface area (Å²) in [7, 11) is 0. The van der Waals surface area contributed by atoms with Crippen LogP contribution in [0.4, 0.5) is 0 Å². The van der Waals surface area contributed by atoms with Crippen molar-refractivity contribution in [1.82, 2.24) is 0 Å². The second-order valence-electron chi connectivity index (χ2n) is 5.14. The van der Waals surface area contributed by atoms with E-state index in [4.69, 9.17) is 0 Å². The van der Waals surface area contributed by atoms with Crippen LogP contribution < -0.4 is 0 Å². The quantitative estimate of drug-likeness (QED) is 0.320. The lowest BCUT2D eigenvalue weighted by atomic mass is 9.81. The Morgan fingerprint density at radius 1 is 0.682 bits per heavy atom. The fourth-order valence-electron chi connectivity index (χ4n) is 1.51. The number of carbonyl (C=O) groups is 4. The topological polar surface area (TPSA) is 68.3 Å². The summed E-state index contributed by atoms with van der Waals surface area (Å²) in [5.41, 5.74) is -0.760. The second-order valence-corrected chi connectivity index (χ2v) is 5.14. The molecule has 0 aromatic rings. The first-order chi connectivity index (χ1) is 10.2. The molecule has 0 atom stereocenters. The molecule has 0 bridgehead atoms. The molecule has 0 amide bonds. The number of Topliss-reactive ketones (excluding diaryl/α,β-unsaturated/α-hetero) is 4. The molecule has 0 saturated heterocycles. The van der Waals surface area contributed by atoms with E-state index >= 15 is 0 Å². The molecule has 130 valence electrons. The van der Waals surface area contributed by atoms with Crippen LogP contribution in [0.5, 0.6) is 0 Å². The van der Waals surface area contributed by atoms with E-state index in [1.165, 1.54) is 0 Å². The van der Waals surface area contributed by atoms with Crippen LogP contribution in [-0.2, 0) is 19.2 Å². The Kier molecular flexibility index (Phi) is 19.7. The Bertz CT molecular complexity index is 331. The third-order valence-corrected chi connectivity index (χ3v) is 3.22. The summed E-state index contributed by atoms with van der Waals surface area (Å²) in [5, 5.41) is 0. The minimum absolute atomic E-state index is 0.0318. The average Bonchev–Trinajstić information content (AvgIpc) is 2.54. The third kappa shape index (κ3) is 12.7. The van der Waals surface area contributed by atoms with Crippen LogP contribution in [0.2, 0.25) is 0 Å². The van der Waals surface area contributed by atoms with Crippen LogP contribution >= 0.6 is 37.2 Å². The fraction of sp³-hybridized carbons (Fsp3) is 0.750. The summed E-state index contributed by atoms with van der Waals surface area (Å²) in [6, 6.07) is 0. The van der Waals surface area contributed by atoms with E-state index in [1.54, 1.807) is 41.5 Å². The number of ketones is 4. The van der Waals surface area contributed by atoms with Crippen LogP contribution in [0.3, 0.4) is 0 Å². The predicted octanol–water partition coefficient (Wildman–Crippen LogP) is 5.08. The highest BCUT2D eigenvalue weighted by molar-refractivity contribution is 15.0. The SMILES string of the molecule is CCC(=O)C(C)(C)C(=O)CC.CCC(=O)CC(=O)CC.II. The van der Waals surface area contributed by atoms with Crippen LogP contribution in [0, 0.1) is 5.41 Å². The van der Waals surface area contributed by atoms with Crippen LogP contribution in [-0.4, -0.2) is 23.1 Å². The van der Waals surface area contributed by atoms with Crippen molar-refractivity contribution < 1.29 is 19.2 Å². The van der Waals surface area contributed by atoms with E-state index in [1.807, 2.05) is 0 Å². The van der Waals surface area contributed by atoms with Crippen molar-refractivity contribution in [3.8, 4) is 0 Å². The molecule has 0 saturated carbocycles. The molecule has 0 aliphatic heterocycles. The van der Waals surface area contributed by atoms with Gasteiger partial charge in [0.2, 0.25) is 0 Å². The molecule has 0 N–H and O–H groups in total. The van der Waals surface area contributed by atoms with Gasteiger partial charge in [-0.1, -0.05) is 27.7 Å². The standard InChI is InChI=1S/C9H16O2.C7H12O2.I2/c1-5-7(10)9(3,4)8(11)6-2;1-3-6(8)5-7(9)4-2;1-2/h5-6H2,1-4H3;3-5H2,1-2H3;. The summed E-state index contributed by atoms with van der Waals surface area (Å²) in [6.07, 6.45) is 1.97. The summed E-state index contributed by atoms with van der Waals surface area (Å²) >= 11 is 4.24. The average molecular weight is 538 g/mol. The lowest BCUT2D eigenvalue weighted by Gasteiger charge is -2.19. The lowest BCUT2D eigenvalue weighted by molar-refractivity contribution is -0.138. The molecular formula is C16H28I2O4. The van der Waals surface area contributed by atoms with Crippen molar-refractivity contribution in [2.24, 2.45) is 5.41 Å². The molecule has 0 aliphatic carbocycles. The predicted molar refractivity (Wildman–Crippen MR) is 108 cm³/mol. The van der Waals surface area contributed by atoms with Gasteiger partial charge in [0.25, 0.3) is 0 Å². The first-order valence-electron chi connectivity index (χ1n) is 7.41. The number of hydrogen-bond acceptors (Lipinski definition) is 4. The molecule has 0 aromatic heterocycles. The summed E-state index contributed by atoms with van der Waals surface area (Å²) in [4.78, 5) is 43.5. The van der Waals surface area contributed by atoms with Gasteiger partial charge in [0.1, 0.15) is 23.1 Å². The van der Waals surface area contributed by atoms with Gasteiger partial charge in [0.05, 0.1) is 11.8 Å². The summed E-state index contributed by atoms with van der Waals surface area (Å²) < 4.78 is 0. The third-order valence-electron chi connectivity index (χ3n) is 3.22. The zero-order chi connectivity index (χ0) is 18.3. The Labute approximate surface area is 157 Å². The van der Waals surface area contributed by atoms with Gasteiger partial charge in [0, 0.05) is 62.9 Å². The minimum atomic E-state index is -0.760. The fourth-order valence-corrected chi connectivity index (χ4v) is 1.51. The number of hydrogen-bond donors (Lipinski definition) is 0. The van der Waals surface area contributed by atoms with E-state index in [0.29, 0.717) is 25.7 Å². The molecule has 0 unspecified atom stereocenters. The van der Waals surface area contributed by atoms with Gasteiger partial charge in [-0.05, 0) is 13.8 Å². The minimum Gasteiger partial charge on any atom is -0.299 e. The monoisotopic (exact) mass is 538 g/mol. The Morgan fingerprint density at radius 3 is 1.14 bits per heavy atom. The van der Waals surface area contributed by atoms with E-state index in [2.05, 4.69) is 37.2 Å². The Hall–Kier alpha value is 0.140. The number of carbonyl (C=O) groups excluding carboxylic acids is 4. The van der Waals surface area contributed by atoms with Crippen molar-refractivity contribution in [2.75, 3.05) is 0 Å². The van der Waals surface area contributed by atoms with Crippen molar-refractivity contribution in [2.45, 2.75) is 73.6 Å². The molecule has 0 spiro atoms. The first-order valence-corrected chi connectivity index (χ1v) is 13.7. The normalized spacial score (nSPS) is 9.64. The summed E-state index contributed by atoms with van der Waals surface area (Å²) in [6.45, 7) is 10.5. The van der Waals surface area contributed by atoms with Gasteiger partial charge in [0.15, 0.2) is 0 Å². The van der Waals surface area contributed by atoms with Crippen molar-refractivity contribution in [1.29, 1.82) is 0 Å². The van der Waals surface area contributed by atoms with E-state index in [-0.39, 0.29) is 29.6 Å². The molecule has 4 nitrogen and oxygen atoms in total. The smallest absolute Gasteiger partial charge is 0.145 e. The van der Waals surface area contributed by atoms with Crippen LogP contribution in [0.1, 0.15) is 73.6 Å². The molecule has 0 aromatic carbocycles. The molecular weight excluding hydrogens is 510 g/mol. The highest BCUT2D eigenvalue weighted by Crippen LogP contribution is 2.21. The molecule has 0 aliphatic rings. The maximum absolute atomic E-state index is 11.2. The molecule has 0 fully saturated rings. The number of rotatable bonds is 8. The molecule has 0 rings (SSSR count). The second kappa shape index (κ2) is 16.0. The molecule has 0 radical (unpaired) electrons. The van der Waals surface area contributed by atoms with Gasteiger partial charge in [-0.2, -0.15) is 0 Å². The van der Waals surface area contributed by atoms with E-state index in [9.17, 15) is 19.2 Å². The van der Waals surface area contributed by atoms with E-state index < -0.39 is 5.41 Å². The van der Waals surface area contributed by atoms with Crippen LogP contribution in [0.25, 0.3) is 0 Å². The maximum atomic E-state index is 11.2. The highest BCUT2D eigenvalue weighted by Gasteiger charge is 2.32. The first kappa shape index (κ1) is 27.0. The Balaban J connectivity index is -0.000000299. The Morgan fingerprint density at radius 2 is 0.955 bits per heavy atom. The summed E-state index contributed by atoms with van der Waals surface area (Å²) in [5.74, 6) is 0.150. The molecule has 6 heteroatoms. The van der Waals surface area contributed by atoms with Crippen LogP contribution in [0.15, 0.2) is 0 Å². The zero-order valence-corrected chi connectivity index (χ0v) is 18.7. The van der Waals surface area contributed by atoms with Crippen molar-refractivity contribution in [3.63, 3.8) is 0 Å². The van der Waals surface area contributed by atoms with Gasteiger partial charge < -0.3 is 0 Å². The van der Waals surface area contributed by atoms with Gasteiger partial charge in [-0.15, -0.1) is 0 Å². The molecule has 22 heavy (non-hydrogen) atoms. The van der Waals surface area contributed by atoms with Crippen molar-refractivity contribution in [3.05, 3.63) is 0 Å². The van der Waals surface area contributed by atoms with E-state index in [0.717, 1.165) is 0 Å². The highest BCUT2D eigenvalue weighted by atomic mass is 128.